The first-order chi connectivity index (χ1) is 17.7. The van der Waals surface area contributed by atoms with Crippen molar-refractivity contribution in [3.63, 3.8) is 0 Å². The molecule has 1 aliphatic rings. The van der Waals surface area contributed by atoms with Crippen LogP contribution in [0.25, 0.3) is 0 Å². The minimum atomic E-state index is -4.48. The average Bonchev–Trinajstić information content (AvgIpc) is 3.37. The van der Waals surface area contributed by atoms with E-state index >= 15 is 0 Å². The number of anilines is 2. The average molecular weight is 512 g/mol. The van der Waals surface area contributed by atoms with Gasteiger partial charge in [-0.15, -0.1) is 0 Å². The van der Waals surface area contributed by atoms with Gasteiger partial charge in [0.25, 0.3) is 0 Å². The molecule has 3 aromatic rings. The van der Waals surface area contributed by atoms with Crippen LogP contribution in [0.2, 0.25) is 0 Å². The second kappa shape index (κ2) is 10.8. The van der Waals surface area contributed by atoms with Gasteiger partial charge in [0.15, 0.2) is 0 Å². The number of ketones is 1. The molecule has 0 radical (unpaired) electrons. The van der Waals surface area contributed by atoms with Crippen molar-refractivity contribution < 1.29 is 27.5 Å². The van der Waals surface area contributed by atoms with Crippen molar-refractivity contribution in [3.8, 4) is 0 Å². The van der Waals surface area contributed by atoms with E-state index in [1.54, 1.807) is 24.3 Å². The lowest BCUT2D eigenvalue weighted by Crippen LogP contribution is -2.40. The van der Waals surface area contributed by atoms with Crippen LogP contribution in [0.1, 0.15) is 28.0 Å². The number of alkyl halides is 3. The lowest BCUT2D eigenvalue weighted by Gasteiger charge is -2.22. The van der Waals surface area contributed by atoms with Crippen LogP contribution in [0.3, 0.4) is 0 Å². The Morgan fingerprint density at radius 1 is 1.03 bits per heavy atom. The van der Waals surface area contributed by atoms with Gasteiger partial charge >= 0.3 is 6.18 Å². The summed E-state index contributed by atoms with van der Waals surface area (Å²) in [5.41, 5.74) is -0.938. The Kier molecular flexibility index (Phi) is 7.58. The molecular weight excluding hydrogens is 487 g/mol. The predicted octanol–water partition coefficient (Wildman–Crippen LogP) is 4.60. The number of carbonyl (C=O) groups is 2. The number of halogens is 3. The van der Waals surface area contributed by atoms with Crippen LogP contribution >= 0.6 is 0 Å². The molecule has 37 heavy (non-hydrogen) atoms. The van der Waals surface area contributed by atoms with E-state index < -0.39 is 28.5 Å². The number of ether oxygens (including phenoxy) is 1. The highest BCUT2D eigenvalue weighted by atomic mass is 19.4. The fourth-order valence-corrected chi connectivity index (χ4v) is 3.94. The number of para-hydroxylation sites is 1. The maximum atomic E-state index is 13.2. The highest BCUT2D eigenvalue weighted by Gasteiger charge is 2.40. The fraction of sp³-hybridized carbons (Fsp3) is 0.222. The molecule has 0 saturated carbocycles. The van der Waals surface area contributed by atoms with Crippen LogP contribution in [0.15, 0.2) is 83.7 Å². The summed E-state index contributed by atoms with van der Waals surface area (Å²) in [6, 6.07) is 16.1. The van der Waals surface area contributed by atoms with Gasteiger partial charge in [-0.3, -0.25) is 14.4 Å². The summed E-state index contributed by atoms with van der Waals surface area (Å²) in [4.78, 5) is 39.4. The number of rotatable bonds is 8. The molecule has 1 saturated heterocycles. The monoisotopic (exact) mass is 511 g/mol. The van der Waals surface area contributed by atoms with Crippen molar-refractivity contribution in [2.45, 2.75) is 19.1 Å². The Morgan fingerprint density at radius 2 is 1.78 bits per heavy atom. The highest BCUT2D eigenvalue weighted by Crippen LogP contribution is 2.36. The van der Waals surface area contributed by atoms with Gasteiger partial charge in [-0.2, -0.15) is 13.2 Å². The first-order valence-corrected chi connectivity index (χ1v) is 11.5. The van der Waals surface area contributed by atoms with E-state index in [9.17, 15) is 27.6 Å². The van der Waals surface area contributed by atoms with E-state index in [4.69, 9.17) is 4.74 Å². The number of pyridine rings is 1. The van der Waals surface area contributed by atoms with E-state index in [1.807, 2.05) is 0 Å². The standard InChI is InChI=1S/C27H24F3N3O4/c28-27(29,30)20-4-1-2-5-21(20)32-19-10-8-18(9-11-19)16-31-25(36)26(14-15-37-17-26)13-12-23(34)22-6-3-7-24(35)33-22/h1-13,32H,14-17H2,(H,31,36)(H,33,35)/b13-12+/t26-/m1/s1. The largest absolute Gasteiger partial charge is 0.418 e. The van der Waals surface area contributed by atoms with E-state index in [0.29, 0.717) is 18.7 Å². The number of amides is 1. The lowest BCUT2D eigenvalue weighted by molar-refractivity contribution is -0.137. The maximum absolute atomic E-state index is 13.2. The summed E-state index contributed by atoms with van der Waals surface area (Å²) in [7, 11) is 0. The Hall–Kier alpha value is -4.18. The van der Waals surface area contributed by atoms with Gasteiger partial charge in [-0.05, 0) is 48.4 Å². The third kappa shape index (κ3) is 6.34. The molecule has 2 heterocycles. The Balaban J connectivity index is 1.40. The first-order valence-electron chi connectivity index (χ1n) is 11.5. The number of nitrogens with one attached hydrogen (secondary N) is 3. The molecule has 2 aromatic carbocycles. The van der Waals surface area contributed by atoms with E-state index in [0.717, 1.165) is 11.6 Å². The number of benzene rings is 2. The quantitative estimate of drug-likeness (QED) is 0.303. The van der Waals surface area contributed by atoms with Crippen LogP contribution in [0.5, 0.6) is 0 Å². The third-order valence-electron chi connectivity index (χ3n) is 6.01. The SMILES string of the molecule is O=C(/C=C/[C@@]1(C(=O)NCc2ccc(Nc3ccccc3C(F)(F)F)cc2)CCOC1)c1cccc(=O)[nH]1. The molecule has 0 spiro atoms. The lowest BCUT2D eigenvalue weighted by atomic mass is 9.85. The molecule has 7 nitrogen and oxygen atoms in total. The maximum Gasteiger partial charge on any atom is 0.418 e. The van der Waals surface area contributed by atoms with Crippen molar-refractivity contribution in [1.82, 2.24) is 10.3 Å². The number of carbonyl (C=O) groups excluding carboxylic acids is 2. The number of aromatic nitrogens is 1. The van der Waals surface area contributed by atoms with Crippen molar-refractivity contribution in [3.05, 3.63) is 106 Å². The van der Waals surface area contributed by atoms with Crippen LogP contribution in [-0.4, -0.2) is 29.9 Å². The van der Waals surface area contributed by atoms with Gasteiger partial charge in [-0.25, -0.2) is 0 Å². The van der Waals surface area contributed by atoms with Crippen molar-refractivity contribution in [1.29, 1.82) is 0 Å². The van der Waals surface area contributed by atoms with Crippen molar-refractivity contribution in [2.75, 3.05) is 18.5 Å². The molecule has 0 bridgehead atoms. The van der Waals surface area contributed by atoms with Crippen LogP contribution in [0, 0.1) is 5.41 Å². The topological polar surface area (TPSA) is 100 Å². The van der Waals surface area contributed by atoms with Gasteiger partial charge in [0.1, 0.15) is 0 Å². The molecule has 0 unspecified atom stereocenters. The summed E-state index contributed by atoms with van der Waals surface area (Å²) >= 11 is 0. The zero-order chi connectivity index (χ0) is 26.5. The van der Waals surface area contributed by atoms with E-state index in [1.165, 1.54) is 48.6 Å². The van der Waals surface area contributed by atoms with Crippen LogP contribution < -0.4 is 16.2 Å². The van der Waals surface area contributed by atoms with Gasteiger partial charge in [0.2, 0.25) is 17.2 Å². The molecule has 3 N–H and O–H groups in total. The third-order valence-corrected chi connectivity index (χ3v) is 6.01. The summed E-state index contributed by atoms with van der Waals surface area (Å²) in [5.74, 6) is -0.760. The smallest absolute Gasteiger partial charge is 0.380 e. The number of allylic oxidation sites excluding steroid dienone is 1. The molecular formula is C27H24F3N3O4. The number of hydrogen-bond acceptors (Lipinski definition) is 5. The summed E-state index contributed by atoms with van der Waals surface area (Å²) in [5, 5.41) is 5.62. The Bertz CT molecular complexity index is 1360. The molecule has 1 atom stereocenters. The minimum absolute atomic E-state index is 0.0554. The Morgan fingerprint density at radius 3 is 2.46 bits per heavy atom. The minimum Gasteiger partial charge on any atom is -0.380 e. The first kappa shape index (κ1) is 25.9. The predicted molar refractivity (Wildman–Crippen MR) is 131 cm³/mol. The van der Waals surface area contributed by atoms with E-state index in [2.05, 4.69) is 15.6 Å². The summed E-state index contributed by atoms with van der Waals surface area (Å²) < 4.78 is 45.1. The van der Waals surface area contributed by atoms with Gasteiger partial charge in [0.05, 0.1) is 29.0 Å². The number of H-pyrrole nitrogens is 1. The molecule has 1 aliphatic heterocycles. The normalized spacial score (nSPS) is 17.6. The molecule has 192 valence electrons. The number of aromatic amines is 1. The van der Waals surface area contributed by atoms with Crippen LogP contribution in [0.4, 0.5) is 24.5 Å². The molecule has 1 aromatic heterocycles. The molecule has 10 heteroatoms. The van der Waals surface area contributed by atoms with Gasteiger partial charge < -0.3 is 20.4 Å². The van der Waals surface area contributed by atoms with Crippen molar-refractivity contribution in [2.24, 2.45) is 5.41 Å². The molecule has 1 amide bonds. The summed E-state index contributed by atoms with van der Waals surface area (Å²) in [6.45, 7) is 0.636. The Labute approximate surface area is 210 Å². The zero-order valence-corrected chi connectivity index (χ0v) is 19.6. The fourth-order valence-electron chi connectivity index (χ4n) is 3.94. The van der Waals surface area contributed by atoms with E-state index in [-0.39, 0.29) is 30.4 Å². The van der Waals surface area contributed by atoms with Crippen LogP contribution in [-0.2, 0) is 22.3 Å². The second-order valence-electron chi connectivity index (χ2n) is 8.63. The zero-order valence-electron chi connectivity index (χ0n) is 19.6. The highest BCUT2D eigenvalue weighted by molar-refractivity contribution is 6.03. The molecule has 1 fully saturated rings. The van der Waals surface area contributed by atoms with Gasteiger partial charge in [0, 0.05) is 24.9 Å². The summed E-state index contributed by atoms with van der Waals surface area (Å²) in [6.07, 6.45) is -1.33. The van der Waals surface area contributed by atoms with Gasteiger partial charge in [-0.1, -0.05) is 36.4 Å². The molecule has 0 aliphatic carbocycles. The molecule has 4 rings (SSSR count). The second-order valence-corrected chi connectivity index (χ2v) is 8.63. The number of hydrogen-bond donors (Lipinski definition) is 3. The van der Waals surface area contributed by atoms with Crippen molar-refractivity contribution >= 4 is 23.1 Å².